The smallest absolute Gasteiger partial charge is 0.0322 e. The van der Waals surface area contributed by atoms with Crippen LogP contribution < -0.4 is 11.1 Å². The van der Waals surface area contributed by atoms with E-state index in [4.69, 9.17) is 5.73 Å². The van der Waals surface area contributed by atoms with E-state index in [9.17, 15) is 0 Å². The Morgan fingerprint density at radius 2 is 1.88 bits per heavy atom. The molecule has 0 atom stereocenters. The molecule has 0 saturated carbocycles. The maximum absolute atomic E-state index is 5.93. The second kappa shape index (κ2) is 5.71. The van der Waals surface area contributed by atoms with Gasteiger partial charge in [0.1, 0.15) is 0 Å². The van der Waals surface area contributed by atoms with Gasteiger partial charge in [-0.15, -0.1) is 0 Å². The van der Waals surface area contributed by atoms with E-state index >= 15 is 0 Å². The zero-order valence-corrected chi connectivity index (χ0v) is 10.4. The van der Waals surface area contributed by atoms with E-state index in [2.05, 4.69) is 35.6 Å². The van der Waals surface area contributed by atoms with Crippen LogP contribution in [0.15, 0.2) is 30.3 Å². The van der Waals surface area contributed by atoms with E-state index in [-0.39, 0.29) is 5.54 Å². The summed E-state index contributed by atoms with van der Waals surface area (Å²) in [6.07, 6.45) is 2.39. The maximum Gasteiger partial charge on any atom is 0.0322 e. The molecule has 16 heavy (non-hydrogen) atoms. The molecule has 1 fully saturated rings. The van der Waals surface area contributed by atoms with E-state index in [0.29, 0.717) is 0 Å². The summed E-state index contributed by atoms with van der Waals surface area (Å²) in [5.74, 6) is 2.47. The molecule has 0 bridgehead atoms. The molecule has 1 saturated heterocycles. The molecule has 3 N–H and O–H groups in total. The Morgan fingerprint density at radius 3 is 2.50 bits per heavy atom. The number of thioether (sulfide) groups is 1. The van der Waals surface area contributed by atoms with Crippen LogP contribution in [0.2, 0.25) is 0 Å². The fourth-order valence-electron chi connectivity index (χ4n) is 2.10. The Labute approximate surface area is 102 Å². The van der Waals surface area contributed by atoms with Gasteiger partial charge in [-0.3, -0.25) is 0 Å². The number of nitrogens with one attached hydrogen (secondary N) is 1. The minimum absolute atomic E-state index is 0.182. The lowest BCUT2D eigenvalue weighted by Crippen LogP contribution is -2.53. The molecule has 1 aromatic rings. The summed E-state index contributed by atoms with van der Waals surface area (Å²) in [6, 6.07) is 10.6. The lowest BCUT2D eigenvalue weighted by atomic mass is 9.92. The lowest BCUT2D eigenvalue weighted by Gasteiger charge is -2.37. The second-order valence-corrected chi connectivity index (χ2v) is 5.66. The third kappa shape index (κ3) is 3.00. The van der Waals surface area contributed by atoms with Crippen molar-refractivity contribution in [3.63, 3.8) is 0 Å². The number of hydrogen-bond acceptors (Lipinski definition) is 3. The first-order valence-corrected chi connectivity index (χ1v) is 7.07. The van der Waals surface area contributed by atoms with E-state index in [1.165, 1.54) is 29.9 Å². The number of nitrogens with two attached hydrogens (primary N) is 1. The molecule has 0 aliphatic carbocycles. The van der Waals surface area contributed by atoms with Gasteiger partial charge in [0.05, 0.1) is 0 Å². The van der Waals surface area contributed by atoms with Crippen LogP contribution in [0.5, 0.6) is 0 Å². The van der Waals surface area contributed by atoms with E-state index in [1.54, 1.807) is 0 Å². The Morgan fingerprint density at radius 1 is 1.19 bits per heavy atom. The van der Waals surface area contributed by atoms with Crippen LogP contribution in [0.25, 0.3) is 0 Å². The Kier molecular flexibility index (Phi) is 4.27. The highest BCUT2D eigenvalue weighted by molar-refractivity contribution is 7.99. The van der Waals surface area contributed by atoms with Gasteiger partial charge in [-0.1, -0.05) is 30.3 Å². The summed E-state index contributed by atoms with van der Waals surface area (Å²) >= 11 is 2.04. The van der Waals surface area contributed by atoms with Crippen molar-refractivity contribution in [2.75, 3.05) is 18.1 Å². The number of benzene rings is 1. The molecule has 1 aromatic carbocycles. The molecule has 2 rings (SSSR count). The highest BCUT2D eigenvalue weighted by Gasteiger charge is 2.29. The van der Waals surface area contributed by atoms with Crippen LogP contribution in [-0.4, -0.2) is 23.6 Å². The topological polar surface area (TPSA) is 38.0 Å². The van der Waals surface area contributed by atoms with Gasteiger partial charge in [0, 0.05) is 18.6 Å². The summed E-state index contributed by atoms with van der Waals surface area (Å²) in [5, 5.41) is 3.66. The zero-order chi connectivity index (χ0) is 11.3. The molecular weight excluding hydrogens is 216 g/mol. The van der Waals surface area contributed by atoms with Crippen LogP contribution in [0, 0.1) is 0 Å². The molecular formula is C13H20N2S. The molecule has 1 aliphatic rings. The van der Waals surface area contributed by atoms with Gasteiger partial charge in [-0.05, 0) is 29.9 Å². The first-order chi connectivity index (χ1) is 7.85. The third-order valence-corrected chi connectivity index (χ3v) is 4.34. The quantitative estimate of drug-likeness (QED) is 0.840. The van der Waals surface area contributed by atoms with Crippen molar-refractivity contribution < 1.29 is 0 Å². The summed E-state index contributed by atoms with van der Waals surface area (Å²) in [7, 11) is 0. The Hall–Kier alpha value is -0.510. The molecule has 0 amide bonds. The predicted octanol–water partition coefficient (Wildman–Crippen LogP) is 2.00. The molecule has 88 valence electrons. The molecule has 1 aliphatic heterocycles. The van der Waals surface area contributed by atoms with Gasteiger partial charge in [-0.2, -0.15) is 11.8 Å². The van der Waals surface area contributed by atoms with Crippen molar-refractivity contribution in [3.8, 4) is 0 Å². The standard InChI is InChI=1S/C13H20N2S/c14-11-13(6-8-16-9-7-13)15-10-12-4-2-1-3-5-12/h1-5,15H,6-11,14H2. The van der Waals surface area contributed by atoms with Crippen molar-refractivity contribution in [3.05, 3.63) is 35.9 Å². The van der Waals surface area contributed by atoms with Crippen molar-refractivity contribution in [1.29, 1.82) is 0 Å². The first-order valence-electron chi connectivity index (χ1n) is 5.91. The molecule has 3 heteroatoms. The lowest BCUT2D eigenvalue weighted by molar-refractivity contribution is 0.306. The van der Waals surface area contributed by atoms with Crippen LogP contribution in [0.3, 0.4) is 0 Å². The van der Waals surface area contributed by atoms with Crippen molar-refractivity contribution in [1.82, 2.24) is 5.32 Å². The molecule has 0 radical (unpaired) electrons. The zero-order valence-electron chi connectivity index (χ0n) is 9.61. The third-order valence-electron chi connectivity index (χ3n) is 3.35. The minimum atomic E-state index is 0.182. The van der Waals surface area contributed by atoms with Crippen LogP contribution >= 0.6 is 11.8 Å². The second-order valence-electron chi connectivity index (χ2n) is 4.44. The van der Waals surface area contributed by atoms with Crippen LogP contribution in [0.4, 0.5) is 0 Å². The fraction of sp³-hybridized carbons (Fsp3) is 0.538. The van der Waals surface area contributed by atoms with E-state index < -0.39 is 0 Å². The summed E-state index contributed by atoms with van der Waals surface area (Å²) in [6.45, 7) is 1.68. The molecule has 0 unspecified atom stereocenters. The SMILES string of the molecule is NCC1(NCc2ccccc2)CCSCC1. The summed E-state index contributed by atoms with van der Waals surface area (Å²) < 4.78 is 0. The monoisotopic (exact) mass is 236 g/mol. The van der Waals surface area contributed by atoms with Gasteiger partial charge in [-0.25, -0.2) is 0 Å². The van der Waals surface area contributed by atoms with Crippen molar-refractivity contribution in [2.45, 2.75) is 24.9 Å². The molecule has 1 heterocycles. The highest BCUT2D eigenvalue weighted by atomic mass is 32.2. The maximum atomic E-state index is 5.93. The highest BCUT2D eigenvalue weighted by Crippen LogP contribution is 2.26. The van der Waals surface area contributed by atoms with Gasteiger partial charge in [0.15, 0.2) is 0 Å². The normalized spacial score (nSPS) is 19.6. The number of rotatable bonds is 4. The van der Waals surface area contributed by atoms with Crippen LogP contribution in [0.1, 0.15) is 18.4 Å². The van der Waals surface area contributed by atoms with Gasteiger partial charge in [0.2, 0.25) is 0 Å². The van der Waals surface area contributed by atoms with Crippen molar-refractivity contribution >= 4 is 11.8 Å². The number of hydrogen-bond donors (Lipinski definition) is 2. The van der Waals surface area contributed by atoms with Gasteiger partial charge < -0.3 is 11.1 Å². The van der Waals surface area contributed by atoms with Crippen molar-refractivity contribution in [2.24, 2.45) is 5.73 Å². The average Bonchev–Trinajstić information content (AvgIpc) is 2.39. The van der Waals surface area contributed by atoms with E-state index in [0.717, 1.165) is 13.1 Å². The first kappa shape index (κ1) is 12.0. The molecule has 2 nitrogen and oxygen atoms in total. The molecule has 0 spiro atoms. The van der Waals surface area contributed by atoms with E-state index in [1.807, 2.05) is 11.8 Å². The predicted molar refractivity (Wildman–Crippen MR) is 71.6 cm³/mol. The van der Waals surface area contributed by atoms with Crippen LogP contribution in [-0.2, 0) is 6.54 Å². The minimum Gasteiger partial charge on any atom is -0.329 e. The average molecular weight is 236 g/mol. The Balaban J connectivity index is 1.92. The van der Waals surface area contributed by atoms with Gasteiger partial charge >= 0.3 is 0 Å². The molecule has 0 aromatic heterocycles. The summed E-state index contributed by atoms with van der Waals surface area (Å²) in [4.78, 5) is 0. The fourth-order valence-corrected chi connectivity index (χ4v) is 3.37. The largest absolute Gasteiger partial charge is 0.329 e. The summed E-state index contributed by atoms with van der Waals surface area (Å²) in [5.41, 5.74) is 7.45. The van der Waals surface area contributed by atoms with Gasteiger partial charge in [0.25, 0.3) is 0 Å². The Bertz CT molecular complexity index is 307.